The highest BCUT2D eigenvalue weighted by atomic mass is 35.5. The zero-order chi connectivity index (χ0) is 16.7. The van der Waals surface area contributed by atoms with Gasteiger partial charge in [0.2, 0.25) is 0 Å². The van der Waals surface area contributed by atoms with Gasteiger partial charge in [0.15, 0.2) is 5.15 Å². The lowest BCUT2D eigenvalue weighted by atomic mass is 9.80. The average molecular weight is 363 g/mol. The number of hydrogen-bond acceptors (Lipinski definition) is 6. The maximum absolute atomic E-state index is 9.94. The Labute approximate surface area is 150 Å². The average Bonchev–Trinajstić information content (AvgIpc) is 3.23. The smallest absolute Gasteiger partial charge is 0.169 e. The van der Waals surface area contributed by atoms with Gasteiger partial charge in [-0.15, -0.1) is 0 Å². The minimum atomic E-state index is -0.429. The molecule has 24 heavy (non-hydrogen) atoms. The van der Waals surface area contributed by atoms with Crippen LogP contribution in [0.3, 0.4) is 0 Å². The number of pyridine rings is 1. The van der Waals surface area contributed by atoms with E-state index in [2.05, 4.69) is 28.3 Å². The lowest BCUT2D eigenvalue weighted by Crippen LogP contribution is -2.44. The number of morpholine rings is 1. The van der Waals surface area contributed by atoms with Crippen LogP contribution in [0.25, 0.3) is 10.2 Å². The molecule has 0 bridgehead atoms. The van der Waals surface area contributed by atoms with Crippen molar-refractivity contribution in [2.75, 3.05) is 24.7 Å². The Morgan fingerprint density at radius 1 is 1.46 bits per heavy atom. The molecule has 1 saturated carbocycles. The number of nitrogens with zero attached hydrogens (tertiary/aromatic N) is 4. The van der Waals surface area contributed by atoms with Crippen molar-refractivity contribution in [2.45, 2.75) is 44.1 Å². The summed E-state index contributed by atoms with van der Waals surface area (Å²) in [5, 5.41) is 10.4. The highest BCUT2D eigenvalue weighted by Crippen LogP contribution is 2.46. The quantitative estimate of drug-likeness (QED) is 0.810. The summed E-state index contributed by atoms with van der Waals surface area (Å²) < 4.78 is 10.8. The van der Waals surface area contributed by atoms with Crippen LogP contribution >= 0.6 is 23.1 Å². The van der Waals surface area contributed by atoms with E-state index in [9.17, 15) is 5.26 Å². The molecule has 0 spiro atoms. The monoisotopic (exact) mass is 362 g/mol. The Hall–Kier alpha value is -1.42. The van der Waals surface area contributed by atoms with Crippen LogP contribution in [0.15, 0.2) is 6.07 Å². The maximum Gasteiger partial charge on any atom is 0.169 e. The number of nitriles is 1. The van der Waals surface area contributed by atoms with E-state index in [0.717, 1.165) is 53.8 Å². The second kappa shape index (κ2) is 6.14. The van der Waals surface area contributed by atoms with Crippen molar-refractivity contribution in [2.24, 2.45) is 0 Å². The third-order valence-electron chi connectivity index (χ3n) is 5.22. The fourth-order valence-electron chi connectivity index (χ4n) is 3.87. The van der Waals surface area contributed by atoms with Crippen molar-refractivity contribution in [1.82, 2.24) is 9.36 Å². The molecule has 1 unspecified atom stereocenters. The van der Waals surface area contributed by atoms with Crippen molar-refractivity contribution >= 4 is 39.2 Å². The van der Waals surface area contributed by atoms with E-state index in [-0.39, 0.29) is 6.04 Å². The number of fused-ring (bicyclic) bond motifs is 1. The standard InChI is InChI=1S/C17H19ClN4OS/c1-11-9-23-7-6-22(11)13-8-12(17(10-19)4-2-3-5-17)15-14(20-13)16(18)21-24-15/h8,11H,2-7,9H2,1H3. The molecule has 0 radical (unpaired) electrons. The molecule has 2 aromatic heterocycles. The summed E-state index contributed by atoms with van der Waals surface area (Å²) in [5.41, 5.74) is 1.36. The van der Waals surface area contributed by atoms with Gasteiger partial charge in [-0.05, 0) is 42.9 Å². The summed E-state index contributed by atoms with van der Waals surface area (Å²) in [7, 11) is 0. The summed E-state index contributed by atoms with van der Waals surface area (Å²) in [6.07, 6.45) is 3.98. The van der Waals surface area contributed by atoms with Crippen LogP contribution in [-0.4, -0.2) is 35.2 Å². The summed E-state index contributed by atoms with van der Waals surface area (Å²) in [6, 6.07) is 4.96. The minimum Gasteiger partial charge on any atom is -0.377 e. The molecule has 4 rings (SSSR count). The molecule has 1 saturated heterocycles. The first-order chi connectivity index (χ1) is 11.6. The molecule has 2 aromatic rings. The van der Waals surface area contributed by atoms with Gasteiger partial charge in [-0.1, -0.05) is 24.4 Å². The first-order valence-electron chi connectivity index (χ1n) is 8.37. The molecular weight excluding hydrogens is 344 g/mol. The van der Waals surface area contributed by atoms with Gasteiger partial charge in [0, 0.05) is 6.54 Å². The second-order valence-corrected chi connectivity index (χ2v) is 7.83. The van der Waals surface area contributed by atoms with E-state index in [1.165, 1.54) is 11.5 Å². The summed E-state index contributed by atoms with van der Waals surface area (Å²) in [6.45, 7) is 4.31. The van der Waals surface area contributed by atoms with Crippen LogP contribution in [0.2, 0.25) is 5.15 Å². The number of halogens is 1. The van der Waals surface area contributed by atoms with Crippen molar-refractivity contribution in [3.63, 3.8) is 0 Å². The molecule has 2 aliphatic rings. The molecular formula is C17H19ClN4OS. The molecule has 1 atom stereocenters. The van der Waals surface area contributed by atoms with E-state index in [0.29, 0.717) is 18.4 Å². The molecule has 0 aromatic carbocycles. The fraction of sp³-hybridized carbons (Fsp3) is 0.588. The van der Waals surface area contributed by atoms with Crippen LogP contribution in [-0.2, 0) is 10.2 Å². The Kier molecular flexibility index (Phi) is 4.11. The Morgan fingerprint density at radius 2 is 2.25 bits per heavy atom. The van der Waals surface area contributed by atoms with Crippen LogP contribution in [0.1, 0.15) is 38.2 Å². The predicted octanol–water partition coefficient (Wildman–Crippen LogP) is 3.91. The van der Waals surface area contributed by atoms with Gasteiger partial charge in [-0.25, -0.2) is 4.98 Å². The lowest BCUT2D eigenvalue weighted by molar-refractivity contribution is 0.0985. The minimum absolute atomic E-state index is 0.253. The summed E-state index contributed by atoms with van der Waals surface area (Å²) in [4.78, 5) is 7.03. The molecule has 2 fully saturated rings. The van der Waals surface area contributed by atoms with Crippen LogP contribution < -0.4 is 4.90 Å². The van der Waals surface area contributed by atoms with E-state index in [1.54, 1.807) is 0 Å². The largest absolute Gasteiger partial charge is 0.377 e. The first kappa shape index (κ1) is 16.1. The summed E-state index contributed by atoms with van der Waals surface area (Å²) >= 11 is 7.66. The third-order valence-corrected chi connectivity index (χ3v) is 6.45. The molecule has 7 heteroatoms. The Morgan fingerprint density at radius 3 is 2.96 bits per heavy atom. The van der Waals surface area contributed by atoms with Crippen LogP contribution in [0, 0.1) is 11.3 Å². The van der Waals surface area contributed by atoms with Gasteiger partial charge < -0.3 is 9.64 Å². The number of aromatic nitrogens is 2. The molecule has 0 N–H and O–H groups in total. The highest BCUT2D eigenvalue weighted by molar-refractivity contribution is 7.14. The van der Waals surface area contributed by atoms with Crippen molar-refractivity contribution in [3.05, 3.63) is 16.8 Å². The predicted molar refractivity (Wildman–Crippen MR) is 95.8 cm³/mol. The van der Waals surface area contributed by atoms with Crippen molar-refractivity contribution in [1.29, 1.82) is 5.26 Å². The van der Waals surface area contributed by atoms with E-state index in [1.807, 2.05) is 0 Å². The zero-order valence-electron chi connectivity index (χ0n) is 13.6. The van der Waals surface area contributed by atoms with E-state index < -0.39 is 5.41 Å². The van der Waals surface area contributed by atoms with Crippen molar-refractivity contribution < 1.29 is 4.74 Å². The SMILES string of the molecule is CC1COCCN1c1cc(C2(C#N)CCCC2)c2snc(Cl)c2n1. The number of hydrogen-bond donors (Lipinski definition) is 0. The fourth-order valence-corrected chi connectivity index (χ4v) is 5.01. The van der Waals surface area contributed by atoms with Gasteiger partial charge in [-0.2, -0.15) is 9.64 Å². The molecule has 5 nitrogen and oxygen atoms in total. The molecule has 3 heterocycles. The number of rotatable bonds is 2. The zero-order valence-corrected chi connectivity index (χ0v) is 15.2. The normalized spacial score (nSPS) is 23.5. The number of ether oxygens (including phenoxy) is 1. The molecule has 0 amide bonds. The number of anilines is 1. The highest BCUT2D eigenvalue weighted by Gasteiger charge is 2.39. The molecule has 1 aliphatic heterocycles. The topological polar surface area (TPSA) is 62.0 Å². The van der Waals surface area contributed by atoms with Gasteiger partial charge >= 0.3 is 0 Å². The van der Waals surface area contributed by atoms with Gasteiger partial charge in [0.1, 0.15) is 11.3 Å². The van der Waals surface area contributed by atoms with E-state index >= 15 is 0 Å². The second-order valence-electron chi connectivity index (χ2n) is 6.70. The molecule has 126 valence electrons. The Balaban J connectivity index is 1.91. The first-order valence-corrected chi connectivity index (χ1v) is 9.52. The Bertz CT molecular complexity index is 809. The van der Waals surface area contributed by atoms with E-state index in [4.69, 9.17) is 21.3 Å². The van der Waals surface area contributed by atoms with Crippen molar-refractivity contribution in [3.8, 4) is 6.07 Å². The summed E-state index contributed by atoms with van der Waals surface area (Å²) in [5.74, 6) is 0.886. The van der Waals surface area contributed by atoms with Crippen LogP contribution in [0.4, 0.5) is 5.82 Å². The van der Waals surface area contributed by atoms with Gasteiger partial charge in [0.25, 0.3) is 0 Å². The van der Waals surface area contributed by atoms with Gasteiger partial charge in [-0.3, -0.25) is 0 Å². The third kappa shape index (κ3) is 2.46. The maximum atomic E-state index is 9.94. The van der Waals surface area contributed by atoms with Crippen LogP contribution in [0.5, 0.6) is 0 Å². The lowest BCUT2D eigenvalue weighted by Gasteiger charge is -2.35. The molecule has 1 aliphatic carbocycles. The van der Waals surface area contributed by atoms with Gasteiger partial charge in [0.05, 0.1) is 35.4 Å².